The summed E-state index contributed by atoms with van der Waals surface area (Å²) < 4.78 is 0. The summed E-state index contributed by atoms with van der Waals surface area (Å²) >= 11 is 0. The molecule has 0 saturated heterocycles. The van der Waals surface area contributed by atoms with Gasteiger partial charge in [-0.05, 0) is 12.5 Å². The lowest BCUT2D eigenvalue weighted by atomic mass is 9.93. The molecular formula is C11H18N2. The van der Waals surface area contributed by atoms with Gasteiger partial charge in [-0.15, -0.1) is 0 Å². The van der Waals surface area contributed by atoms with E-state index in [4.69, 9.17) is 0 Å². The van der Waals surface area contributed by atoms with Gasteiger partial charge in [-0.1, -0.05) is 32.9 Å². The van der Waals surface area contributed by atoms with E-state index < -0.39 is 0 Å². The van der Waals surface area contributed by atoms with Crippen LogP contribution in [0, 0.1) is 5.41 Å². The first kappa shape index (κ1) is 10.0. The highest BCUT2D eigenvalue weighted by Crippen LogP contribution is 2.20. The molecule has 13 heavy (non-hydrogen) atoms. The van der Waals surface area contributed by atoms with Crippen molar-refractivity contribution >= 4 is 5.84 Å². The zero-order valence-electron chi connectivity index (χ0n) is 8.67. The number of hydrogen-bond donors (Lipinski definition) is 1. The summed E-state index contributed by atoms with van der Waals surface area (Å²) in [6.07, 6.45) is 9.32. The molecule has 1 aliphatic rings. The molecule has 72 valence electrons. The molecule has 0 aromatic carbocycles. The summed E-state index contributed by atoms with van der Waals surface area (Å²) in [6.45, 7) is 7.46. The van der Waals surface area contributed by atoms with Crippen molar-refractivity contribution < 1.29 is 0 Å². The van der Waals surface area contributed by atoms with E-state index in [1.165, 1.54) is 0 Å². The van der Waals surface area contributed by atoms with E-state index in [0.717, 1.165) is 18.8 Å². The molecule has 2 nitrogen and oxygen atoms in total. The van der Waals surface area contributed by atoms with E-state index in [2.05, 4.69) is 49.3 Å². The van der Waals surface area contributed by atoms with Crippen LogP contribution in [0.4, 0.5) is 0 Å². The van der Waals surface area contributed by atoms with Crippen LogP contribution in [0.2, 0.25) is 0 Å². The van der Waals surface area contributed by atoms with Crippen LogP contribution in [0.25, 0.3) is 0 Å². The minimum absolute atomic E-state index is 0.124. The summed E-state index contributed by atoms with van der Waals surface area (Å²) in [5.41, 5.74) is 0.124. The van der Waals surface area contributed by atoms with Crippen molar-refractivity contribution in [3.05, 3.63) is 24.4 Å². The van der Waals surface area contributed by atoms with Gasteiger partial charge < -0.3 is 5.32 Å². The van der Waals surface area contributed by atoms with Gasteiger partial charge in [0.15, 0.2) is 0 Å². The van der Waals surface area contributed by atoms with Gasteiger partial charge in [-0.3, -0.25) is 0 Å². The Labute approximate surface area is 80.4 Å². The molecule has 0 fully saturated rings. The maximum absolute atomic E-state index is 4.29. The molecule has 0 aromatic heterocycles. The molecule has 0 amide bonds. The first-order valence-corrected chi connectivity index (χ1v) is 4.83. The van der Waals surface area contributed by atoms with Crippen LogP contribution in [-0.4, -0.2) is 12.4 Å². The summed E-state index contributed by atoms with van der Waals surface area (Å²) in [6, 6.07) is 0. The molecule has 0 unspecified atom stereocenters. The number of allylic oxidation sites excluding steroid dienone is 2. The van der Waals surface area contributed by atoms with E-state index in [0.29, 0.717) is 0 Å². The quantitative estimate of drug-likeness (QED) is 0.690. The minimum Gasteiger partial charge on any atom is -0.370 e. The Morgan fingerprint density at radius 3 is 2.85 bits per heavy atom. The first-order valence-electron chi connectivity index (χ1n) is 4.83. The van der Waals surface area contributed by atoms with Crippen molar-refractivity contribution in [2.75, 3.05) is 6.54 Å². The molecule has 1 N–H and O–H groups in total. The van der Waals surface area contributed by atoms with E-state index in [9.17, 15) is 0 Å². The fourth-order valence-electron chi connectivity index (χ4n) is 1.06. The second kappa shape index (κ2) is 4.26. The number of amidine groups is 1. The normalized spacial score (nSPS) is 19.5. The predicted octanol–water partition coefficient (Wildman–Crippen LogP) is 2.49. The van der Waals surface area contributed by atoms with Crippen molar-refractivity contribution in [2.45, 2.75) is 27.2 Å². The average Bonchev–Trinajstić information content (AvgIpc) is 2.23. The van der Waals surface area contributed by atoms with Crippen LogP contribution in [0.5, 0.6) is 0 Å². The standard InChI is InChI=1S/C11H18N2/c1-4-8-12-10-5-6-11(2,3)7-9-13-10/h5-7,9H,4,8H2,1-3H3,(H,12,13). The lowest BCUT2D eigenvalue weighted by Crippen LogP contribution is -2.21. The number of nitrogens with zero attached hydrogens (tertiary/aromatic N) is 1. The predicted molar refractivity (Wildman–Crippen MR) is 57.8 cm³/mol. The highest BCUT2D eigenvalue weighted by molar-refractivity contribution is 5.93. The number of aliphatic imine (C=N–C) groups is 1. The molecule has 0 saturated carbocycles. The molecule has 0 spiro atoms. The molecule has 0 bridgehead atoms. The lowest BCUT2D eigenvalue weighted by Gasteiger charge is -2.11. The van der Waals surface area contributed by atoms with Crippen LogP contribution >= 0.6 is 0 Å². The van der Waals surface area contributed by atoms with Gasteiger partial charge in [0.2, 0.25) is 0 Å². The number of nitrogens with one attached hydrogen (secondary N) is 1. The fraction of sp³-hybridized carbons (Fsp3) is 0.545. The fourth-order valence-corrected chi connectivity index (χ4v) is 1.06. The molecule has 1 rings (SSSR count). The molecule has 0 radical (unpaired) electrons. The average molecular weight is 178 g/mol. The zero-order chi connectivity index (χ0) is 9.73. The van der Waals surface area contributed by atoms with Gasteiger partial charge in [-0.2, -0.15) is 0 Å². The van der Waals surface area contributed by atoms with Crippen LogP contribution in [0.15, 0.2) is 29.4 Å². The lowest BCUT2D eigenvalue weighted by molar-refractivity contribution is 0.626. The Hall–Kier alpha value is -1.05. The highest BCUT2D eigenvalue weighted by atomic mass is 15.0. The van der Waals surface area contributed by atoms with Gasteiger partial charge in [0, 0.05) is 18.2 Å². The second-order valence-electron chi connectivity index (χ2n) is 3.91. The van der Waals surface area contributed by atoms with E-state index in [1.54, 1.807) is 0 Å². The van der Waals surface area contributed by atoms with Crippen LogP contribution < -0.4 is 5.32 Å². The Kier molecular flexibility index (Phi) is 3.29. The van der Waals surface area contributed by atoms with E-state index in [-0.39, 0.29) is 5.41 Å². The van der Waals surface area contributed by atoms with Crippen molar-refractivity contribution in [1.29, 1.82) is 0 Å². The molecule has 1 aliphatic heterocycles. The summed E-state index contributed by atoms with van der Waals surface area (Å²) in [4.78, 5) is 4.29. The van der Waals surface area contributed by atoms with Gasteiger partial charge in [0.05, 0.1) is 0 Å². The summed E-state index contributed by atoms with van der Waals surface area (Å²) in [5, 5.41) is 3.26. The number of hydrogen-bond acceptors (Lipinski definition) is 2. The summed E-state index contributed by atoms with van der Waals surface area (Å²) in [5.74, 6) is 0.962. The molecule has 2 heteroatoms. The van der Waals surface area contributed by atoms with Gasteiger partial charge in [0.25, 0.3) is 0 Å². The minimum atomic E-state index is 0.124. The van der Waals surface area contributed by atoms with Gasteiger partial charge >= 0.3 is 0 Å². The smallest absolute Gasteiger partial charge is 0.125 e. The summed E-state index contributed by atoms with van der Waals surface area (Å²) in [7, 11) is 0. The molecule has 0 atom stereocenters. The molecule has 0 aromatic rings. The van der Waals surface area contributed by atoms with Crippen molar-refractivity contribution in [3.8, 4) is 0 Å². The maximum Gasteiger partial charge on any atom is 0.125 e. The van der Waals surface area contributed by atoms with Crippen LogP contribution in [0.1, 0.15) is 27.2 Å². The Balaban J connectivity index is 2.60. The highest BCUT2D eigenvalue weighted by Gasteiger charge is 2.10. The molecule has 1 heterocycles. The Bertz CT molecular complexity index is 247. The largest absolute Gasteiger partial charge is 0.370 e. The van der Waals surface area contributed by atoms with Crippen molar-refractivity contribution in [3.63, 3.8) is 0 Å². The Morgan fingerprint density at radius 1 is 1.38 bits per heavy atom. The third-order valence-corrected chi connectivity index (χ3v) is 1.94. The van der Waals surface area contributed by atoms with Crippen LogP contribution in [-0.2, 0) is 0 Å². The third-order valence-electron chi connectivity index (χ3n) is 1.94. The third kappa shape index (κ3) is 3.45. The van der Waals surface area contributed by atoms with E-state index >= 15 is 0 Å². The van der Waals surface area contributed by atoms with Crippen LogP contribution in [0.3, 0.4) is 0 Å². The molecule has 0 aliphatic carbocycles. The number of rotatable bonds is 2. The SMILES string of the molecule is CCCNC1=NC=CC(C)(C)C=C1. The second-order valence-corrected chi connectivity index (χ2v) is 3.91. The Morgan fingerprint density at radius 2 is 2.15 bits per heavy atom. The van der Waals surface area contributed by atoms with E-state index in [1.807, 2.05) is 6.20 Å². The molecular weight excluding hydrogens is 160 g/mol. The van der Waals surface area contributed by atoms with Gasteiger partial charge in [0.1, 0.15) is 5.84 Å². The monoisotopic (exact) mass is 178 g/mol. The topological polar surface area (TPSA) is 24.4 Å². The van der Waals surface area contributed by atoms with Crippen molar-refractivity contribution in [1.82, 2.24) is 5.32 Å². The zero-order valence-corrected chi connectivity index (χ0v) is 8.67. The first-order chi connectivity index (χ1) is 6.14. The maximum atomic E-state index is 4.29. The van der Waals surface area contributed by atoms with Gasteiger partial charge in [-0.25, -0.2) is 4.99 Å². The van der Waals surface area contributed by atoms with Crippen molar-refractivity contribution in [2.24, 2.45) is 10.4 Å².